The second-order valence-corrected chi connectivity index (χ2v) is 6.79. The van der Waals surface area contributed by atoms with E-state index in [1.165, 1.54) is 16.2 Å². The minimum absolute atomic E-state index is 0.368. The third-order valence-corrected chi connectivity index (χ3v) is 4.37. The number of para-hydroxylation sites is 2. The highest BCUT2D eigenvalue weighted by Gasteiger charge is 2.22. The first-order valence-electron chi connectivity index (χ1n) is 5.61. The van der Waals surface area contributed by atoms with Gasteiger partial charge in [-0.1, -0.05) is 12.1 Å². The number of hydrogen-bond donors (Lipinski definition) is 2. The van der Waals surface area contributed by atoms with Crippen LogP contribution in [0.1, 0.15) is 10.4 Å². The molecule has 0 unspecified atom stereocenters. The number of amides is 1. The Kier molecular flexibility index (Phi) is 4.61. The molecule has 1 aromatic carbocycles. The number of rotatable bonds is 4. The lowest BCUT2D eigenvalue weighted by atomic mass is 10.2. The number of aliphatic carboxylic acids is 1. The van der Waals surface area contributed by atoms with Crippen LogP contribution in [0.4, 0.5) is 11.4 Å². The molecule has 0 aliphatic rings. The van der Waals surface area contributed by atoms with Crippen LogP contribution >= 0.6 is 33.9 Å². The van der Waals surface area contributed by atoms with Crippen molar-refractivity contribution in [2.75, 3.05) is 17.2 Å². The van der Waals surface area contributed by atoms with Crippen LogP contribution in [0.2, 0.25) is 0 Å². The molecule has 0 spiro atoms. The molecule has 3 N–H and O–H groups in total. The molecule has 1 aromatic heterocycles. The van der Waals surface area contributed by atoms with E-state index in [0.29, 0.717) is 16.9 Å². The predicted octanol–water partition coefficient (Wildman–Crippen LogP) is 2.67. The van der Waals surface area contributed by atoms with Crippen LogP contribution < -0.4 is 10.6 Å². The number of nitrogens with two attached hydrogens (primary N) is 1. The number of nitrogens with zero attached hydrogens (tertiary/aromatic N) is 1. The molecule has 2 aromatic rings. The van der Waals surface area contributed by atoms with E-state index in [-0.39, 0.29) is 5.91 Å². The van der Waals surface area contributed by atoms with Crippen molar-refractivity contribution in [1.82, 2.24) is 0 Å². The molecule has 0 saturated carbocycles. The number of carbonyl (C=O) groups excluding carboxylic acids is 1. The molecule has 0 fully saturated rings. The second-order valence-electron chi connectivity index (χ2n) is 3.98. The quantitative estimate of drug-likeness (QED) is 0.609. The summed E-state index contributed by atoms with van der Waals surface area (Å²) in [5.41, 5.74) is 7.07. The molecule has 1 amide bonds. The monoisotopic (exact) mass is 402 g/mol. The zero-order chi connectivity index (χ0) is 14.7. The van der Waals surface area contributed by atoms with Gasteiger partial charge in [0.1, 0.15) is 6.54 Å². The van der Waals surface area contributed by atoms with Gasteiger partial charge in [0.2, 0.25) is 0 Å². The van der Waals surface area contributed by atoms with Gasteiger partial charge in [-0.2, -0.15) is 0 Å². The average Bonchev–Trinajstić information content (AvgIpc) is 2.82. The highest BCUT2D eigenvalue weighted by molar-refractivity contribution is 14.1. The summed E-state index contributed by atoms with van der Waals surface area (Å²) in [7, 11) is 0. The van der Waals surface area contributed by atoms with E-state index < -0.39 is 12.5 Å². The highest BCUT2D eigenvalue weighted by atomic mass is 127. The van der Waals surface area contributed by atoms with Gasteiger partial charge in [0, 0.05) is 5.38 Å². The first-order valence-corrected chi connectivity index (χ1v) is 7.57. The number of carboxylic acids is 1. The molecule has 5 nitrogen and oxygen atoms in total. The van der Waals surface area contributed by atoms with Crippen molar-refractivity contribution >= 4 is 57.2 Å². The van der Waals surface area contributed by atoms with E-state index in [9.17, 15) is 9.59 Å². The lowest BCUT2D eigenvalue weighted by Gasteiger charge is -2.21. The summed E-state index contributed by atoms with van der Waals surface area (Å²) in [5, 5.41) is 10.7. The Morgan fingerprint density at radius 1 is 1.35 bits per heavy atom. The molecule has 0 radical (unpaired) electrons. The smallest absolute Gasteiger partial charge is 0.323 e. The molecule has 2 rings (SSSR count). The van der Waals surface area contributed by atoms with E-state index >= 15 is 0 Å². The van der Waals surface area contributed by atoms with E-state index in [1.54, 1.807) is 35.7 Å². The molecule has 0 atom stereocenters. The topological polar surface area (TPSA) is 83.6 Å². The summed E-state index contributed by atoms with van der Waals surface area (Å²) in [4.78, 5) is 24.6. The molecule has 0 saturated heterocycles. The largest absolute Gasteiger partial charge is 0.480 e. The molecule has 0 aliphatic carbocycles. The van der Waals surface area contributed by atoms with Gasteiger partial charge in [0.25, 0.3) is 5.91 Å². The number of benzene rings is 1. The van der Waals surface area contributed by atoms with E-state index in [2.05, 4.69) is 22.6 Å². The molecule has 104 valence electrons. The maximum atomic E-state index is 12.5. The van der Waals surface area contributed by atoms with Crippen LogP contribution in [0.3, 0.4) is 0 Å². The average molecular weight is 402 g/mol. The Morgan fingerprint density at radius 3 is 2.60 bits per heavy atom. The van der Waals surface area contributed by atoms with Crippen molar-refractivity contribution in [2.45, 2.75) is 0 Å². The molecular weight excluding hydrogens is 391 g/mol. The normalized spacial score (nSPS) is 10.2. The van der Waals surface area contributed by atoms with Gasteiger partial charge in [-0.15, -0.1) is 11.3 Å². The summed E-state index contributed by atoms with van der Waals surface area (Å²) in [6.07, 6.45) is 0. The number of thiophene rings is 1. The van der Waals surface area contributed by atoms with Gasteiger partial charge in [-0.25, -0.2) is 0 Å². The van der Waals surface area contributed by atoms with Crippen LogP contribution in [0.25, 0.3) is 0 Å². The SMILES string of the molecule is Nc1ccccc1N(CC(=O)O)C(=O)c1csc(I)c1. The van der Waals surface area contributed by atoms with Crippen LogP contribution in [-0.2, 0) is 4.79 Å². The van der Waals surface area contributed by atoms with Crippen molar-refractivity contribution in [3.8, 4) is 0 Å². The van der Waals surface area contributed by atoms with Gasteiger partial charge >= 0.3 is 5.97 Å². The minimum Gasteiger partial charge on any atom is -0.480 e. The van der Waals surface area contributed by atoms with Crippen molar-refractivity contribution in [2.24, 2.45) is 0 Å². The Hall–Kier alpha value is -1.61. The number of halogens is 1. The molecule has 1 heterocycles. The number of carbonyl (C=O) groups is 2. The van der Waals surface area contributed by atoms with Gasteiger partial charge in [0.15, 0.2) is 0 Å². The van der Waals surface area contributed by atoms with Crippen LogP contribution in [0, 0.1) is 2.88 Å². The van der Waals surface area contributed by atoms with Crippen molar-refractivity contribution in [1.29, 1.82) is 0 Å². The fourth-order valence-electron chi connectivity index (χ4n) is 1.71. The Balaban J connectivity index is 2.40. The molecule has 7 heteroatoms. The minimum atomic E-state index is -1.09. The van der Waals surface area contributed by atoms with Crippen molar-refractivity contribution < 1.29 is 14.7 Å². The zero-order valence-electron chi connectivity index (χ0n) is 10.2. The number of anilines is 2. The maximum absolute atomic E-state index is 12.5. The third-order valence-electron chi connectivity index (χ3n) is 2.58. The molecule has 0 bridgehead atoms. The van der Waals surface area contributed by atoms with Crippen LogP contribution in [0.15, 0.2) is 35.7 Å². The van der Waals surface area contributed by atoms with Crippen LogP contribution in [0.5, 0.6) is 0 Å². The molecule has 20 heavy (non-hydrogen) atoms. The van der Waals surface area contributed by atoms with Gasteiger partial charge < -0.3 is 10.8 Å². The predicted molar refractivity (Wildman–Crippen MR) is 87.2 cm³/mol. The fraction of sp³-hybridized carbons (Fsp3) is 0.0769. The summed E-state index contributed by atoms with van der Waals surface area (Å²) in [6.45, 7) is -0.431. The van der Waals surface area contributed by atoms with Gasteiger partial charge in [-0.3, -0.25) is 14.5 Å². The zero-order valence-corrected chi connectivity index (χ0v) is 13.2. The number of nitrogen functional groups attached to an aromatic ring is 1. The van der Waals surface area contributed by atoms with Crippen molar-refractivity contribution in [3.63, 3.8) is 0 Å². The lowest BCUT2D eigenvalue weighted by molar-refractivity contribution is -0.135. The lowest BCUT2D eigenvalue weighted by Crippen LogP contribution is -2.36. The van der Waals surface area contributed by atoms with Crippen molar-refractivity contribution in [3.05, 3.63) is 44.2 Å². The number of hydrogen-bond acceptors (Lipinski definition) is 4. The fourth-order valence-corrected chi connectivity index (χ4v) is 3.03. The van der Waals surface area contributed by atoms with E-state index in [4.69, 9.17) is 10.8 Å². The Labute approximate surface area is 133 Å². The summed E-state index contributed by atoms with van der Waals surface area (Å²) >= 11 is 3.54. The highest BCUT2D eigenvalue weighted by Crippen LogP contribution is 2.26. The third kappa shape index (κ3) is 3.28. The summed E-state index contributed by atoms with van der Waals surface area (Å²) in [6, 6.07) is 8.44. The van der Waals surface area contributed by atoms with Gasteiger partial charge in [-0.05, 0) is 40.8 Å². The van der Waals surface area contributed by atoms with Crippen LogP contribution in [-0.4, -0.2) is 23.5 Å². The summed E-state index contributed by atoms with van der Waals surface area (Å²) < 4.78 is 0.960. The first-order chi connectivity index (χ1) is 9.49. The molecular formula is C13H11IN2O3S. The second kappa shape index (κ2) is 6.23. The molecule has 0 aliphatic heterocycles. The standard InChI is InChI=1S/C13H11IN2O3S/c14-11-5-8(7-20-11)13(19)16(6-12(17)18)10-4-2-1-3-9(10)15/h1-5,7H,6,15H2,(H,17,18). The van der Waals surface area contributed by atoms with E-state index in [0.717, 1.165) is 2.88 Å². The first kappa shape index (κ1) is 14.8. The van der Waals surface area contributed by atoms with Gasteiger partial charge in [0.05, 0.1) is 19.8 Å². The van der Waals surface area contributed by atoms with E-state index in [1.807, 2.05) is 0 Å². The maximum Gasteiger partial charge on any atom is 0.323 e. The Bertz CT molecular complexity index is 657. The number of carboxylic acid groups (broad SMARTS) is 1. The Morgan fingerprint density at radius 2 is 2.05 bits per heavy atom. The summed E-state index contributed by atoms with van der Waals surface area (Å²) in [5.74, 6) is -1.46.